The van der Waals surface area contributed by atoms with Crippen LogP contribution in [-0.2, 0) is 5.60 Å². The number of methoxy groups -OCH3 is 1. The largest absolute Gasteiger partial charge is 0.493 e. The number of alkyl halides is 1. The van der Waals surface area contributed by atoms with Gasteiger partial charge in [0.2, 0.25) is 0 Å². The summed E-state index contributed by atoms with van der Waals surface area (Å²) in [5.74, 6) is 0.190. The first kappa shape index (κ1) is 25.3. The van der Waals surface area contributed by atoms with Crippen molar-refractivity contribution in [3.8, 4) is 22.8 Å². The molecular weight excluding hydrogens is 466 g/mol. The minimum absolute atomic E-state index is 0.0542. The molecule has 0 spiro atoms. The molecule has 0 unspecified atom stereocenters. The second kappa shape index (κ2) is 10.5. The highest BCUT2D eigenvalue weighted by atomic mass is 19.1. The number of hydrogen-bond donors (Lipinski definition) is 2. The third-order valence-electron chi connectivity index (χ3n) is 6.18. The van der Waals surface area contributed by atoms with Crippen molar-refractivity contribution in [2.75, 3.05) is 20.4 Å². The van der Waals surface area contributed by atoms with E-state index >= 15 is 0 Å². The number of Topliss-reactive ketones (excluding diaryl/α,β-unsaturated/α-hetero) is 1. The van der Waals surface area contributed by atoms with Crippen LogP contribution in [-0.4, -0.2) is 41.2 Å². The Hall–Kier alpha value is -3.78. The van der Waals surface area contributed by atoms with E-state index in [2.05, 4.69) is 4.98 Å². The number of aliphatic hydroxyl groups is 1. The second-order valence-corrected chi connectivity index (χ2v) is 8.86. The third kappa shape index (κ3) is 5.23. The van der Waals surface area contributed by atoms with E-state index in [4.69, 9.17) is 14.5 Å². The zero-order chi connectivity index (χ0) is 25.9. The van der Waals surface area contributed by atoms with Gasteiger partial charge < -0.3 is 19.6 Å². The van der Waals surface area contributed by atoms with E-state index in [0.717, 1.165) is 16.5 Å². The van der Waals surface area contributed by atoms with Crippen LogP contribution in [0, 0.1) is 12.7 Å². The Morgan fingerprint density at radius 3 is 2.67 bits per heavy atom. The molecule has 0 fully saturated rings. The highest BCUT2D eigenvalue weighted by Gasteiger charge is 2.28. The molecule has 0 amide bonds. The fraction of sp³-hybridized carbons (Fsp3) is 0.286. The van der Waals surface area contributed by atoms with Crippen LogP contribution in [0.1, 0.15) is 41.4 Å². The van der Waals surface area contributed by atoms with Gasteiger partial charge in [-0.25, -0.2) is 13.8 Å². The van der Waals surface area contributed by atoms with Crippen molar-refractivity contribution in [1.82, 2.24) is 9.97 Å². The highest BCUT2D eigenvalue weighted by Crippen LogP contribution is 2.34. The van der Waals surface area contributed by atoms with Gasteiger partial charge in [-0.2, -0.15) is 0 Å². The number of hydrogen-bond acceptors (Lipinski definition) is 5. The van der Waals surface area contributed by atoms with Crippen LogP contribution in [0.4, 0.5) is 8.78 Å². The standard InChI is InChI=1S/C28H28F2N2O4/c1-17-14-19(4-6-21(17)30)27-26-20(9-12-31-26)16-25(32-27)28(2,34)10-8-22(33)18-5-7-23(36-13-11-29)24(15-18)35-3/h4-7,9,12,14-16,31,34H,8,10-11,13H2,1-3H3/t28-/m1/s1. The minimum Gasteiger partial charge on any atom is -0.493 e. The van der Waals surface area contributed by atoms with Crippen molar-refractivity contribution in [3.63, 3.8) is 0 Å². The Bertz CT molecular complexity index is 1400. The summed E-state index contributed by atoms with van der Waals surface area (Å²) in [6.07, 6.45) is 1.96. The van der Waals surface area contributed by atoms with Crippen molar-refractivity contribution in [1.29, 1.82) is 0 Å². The van der Waals surface area contributed by atoms with Crippen molar-refractivity contribution in [2.24, 2.45) is 0 Å². The van der Waals surface area contributed by atoms with Gasteiger partial charge in [0.1, 0.15) is 24.7 Å². The van der Waals surface area contributed by atoms with Gasteiger partial charge >= 0.3 is 0 Å². The third-order valence-corrected chi connectivity index (χ3v) is 6.18. The summed E-state index contributed by atoms with van der Waals surface area (Å²) in [6.45, 7) is 2.56. The normalized spacial score (nSPS) is 12.9. The summed E-state index contributed by atoms with van der Waals surface area (Å²) in [6, 6.07) is 13.1. The minimum atomic E-state index is -1.40. The number of ether oxygens (including phenoxy) is 2. The first-order valence-electron chi connectivity index (χ1n) is 11.6. The Labute approximate surface area is 207 Å². The fourth-order valence-electron chi connectivity index (χ4n) is 4.08. The molecule has 2 aromatic carbocycles. The molecular formula is C28H28F2N2O4. The monoisotopic (exact) mass is 494 g/mol. The zero-order valence-electron chi connectivity index (χ0n) is 20.4. The number of aryl methyl sites for hydroxylation is 1. The van der Waals surface area contributed by atoms with Crippen LogP contribution in [0.5, 0.6) is 11.5 Å². The number of halogens is 2. The predicted octanol–water partition coefficient (Wildman–Crippen LogP) is 5.90. The molecule has 0 saturated carbocycles. The Morgan fingerprint density at radius 1 is 1.14 bits per heavy atom. The smallest absolute Gasteiger partial charge is 0.163 e. The van der Waals surface area contributed by atoms with Crippen molar-refractivity contribution < 1.29 is 28.2 Å². The fourth-order valence-corrected chi connectivity index (χ4v) is 4.08. The maximum atomic E-state index is 13.8. The molecule has 2 N–H and O–H groups in total. The quantitative estimate of drug-likeness (QED) is 0.268. The molecule has 0 aliphatic carbocycles. The SMILES string of the molecule is COc1cc(C(=O)CC[C@@](C)(O)c2cc3cc[nH]c3c(-c3ccc(F)c(C)c3)n2)ccc1OCCF. The van der Waals surface area contributed by atoms with Gasteiger partial charge in [0, 0.05) is 29.1 Å². The number of carbonyl (C=O) groups is 1. The molecule has 188 valence electrons. The van der Waals surface area contributed by atoms with Gasteiger partial charge in [0.05, 0.1) is 24.0 Å². The second-order valence-electron chi connectivity index (χ2n) is 8.86. The summed E-state index contributed by atoms with van der Waals surface area (Å²) < 4.78 is 36.8. The number of nitrogens with one attached hydrogen (secondary N) is 1. The molecule has 0 aliphatic rings. The molecule has 2 heterocycles. The molecule has 1 atom stereocenters. The maximum Gasteiger partial charge on any atom is 0.163 e. The highest BCUT2D eigenvalue weighted by molar-refractivity contribution is 5.97. The zero-order valence-corrected chi connectivity index (χ0v) is 20.4. The topological polar surface area (TPSA) is 84.4 Å². The molecule has 36 heavy (non-hydrogen) atoms. The van der Waals surface area contributed by atoms with Crippen LogP contribution >= 0.6 is 0 Å². The number of benzene rings is 2. The summed E-state index contributed by atoms with van der Waals surface area (Å²) in [5.41, 5.74) is 1.98. The Morgan fingerprint density at radius 2 is 1.94 bits per heavy atom. The van der Waals surface area contributed by atoms with Gasteiger partial charge in [0.15, 0.2) is 17.3 Å². The molecule has 2 aromatic heterocycles. The van der Waals surface area contributed by atoms with Crippen LogP contribution in [0.25, 0.3) is 22.2 Å². The van der Waals surface area contributed by atoms with E-state index in [9.17, 15) is 18.7 Å². The van der Waals surface area contributed by atoms with Gasteiger partial charge in [-0.1, -0.05) is 0 Å². The molecule has 0 radical (unpaired) electrons. The van der Waals surface area contributed by atoms with E-state index in [0.29, 0.717) is 34.0 Å². The first-order valence-corrected chi connectivity index (χ1v) is 11.6. The number of aromatic amines is 1. The molecule has 0 bridgehead atoms. The predicted molar refractivity (Wildman–Crippen MR) is 134 cm³/mol. The molecule has 8 heteroatoms. The average Bonchev–Trinajstić information content (AvgIpc) is 3.36. The number of H-pyrrole nitrogens is 1. The number of aromatic nitrogens is 2. The van der Waals surface area contributed by atoms with Crippen LogP contribution in [0.15, 0.2) is 54.7 Å². The van der Waals surface area contributed by atoms with Gasteiger partial charge in [-0.3, -0.25) is 4.79 Å². The molecule has 6 nitrogen and oxygen atoms in total. The van der Waals surface area contributed by atoms with E-state index < -0.39 is 12.3 Å². The van der Waals surface area contributed by atoms with Gasteiger partial charge in [-0.05, 0) is 74.4 Å². The number of ketones is 1. The van der Waals surface area contributed by atoms with E-state index in [1.54, 1.807) is 56.4 Å². The number of pyridine rings is 1. The molecule has 0 saturated heterocycles. The summed E-state index contributed by atoms with van der Waals surface area (Å²) in [7, 11) is 1.44. The average molecular weight is 495 g/mol. The lowest BCUT2D eigenvalue weighted by atomic mass is 9.91. The van der Waals surface area contributed by atoms with Crippen LogP contribution in [0.3, 0.4) is 0 Å². The first-order chi connectivity index (χ1) is 17.2. The molecule has 4 rings (SSSR count). The number of rotatable bonds is 10. The number of nitrogens with zero attached hydrogens (tertiary/aromatic N) is 1. The van der Waals surface area contributed by atoms with Crippen molar-refractivity contribution >= 4 is 16.7 Å². The van der Waals surface area contributed by atoms with Gasteiger partial charge in [-0.15, -0.1) is 0 Å². The maximum absolute atomic E-state index is 13.8. The van der Waals surface area contributed by atoms with Gasteiger partial charge in [0.25, 0.3) is 0 Å². The Kier molecular flexibility index (Phi) is 7.35. The molecule has 0 aliphatic heterocycles. The summed E-state index contributed by atoms with van der Waals surface area (Å²) in [4.78, 5) is 20.8. The van der Waals surface area contributed by atoms with Crippen LogP contribution in [0.2, 0.25) is 0 Å². The lowest BCUT2D eigenvalue weighted by molar-refractivity contribution is 0.0399. The molecule has 4 aromatic rings. The summed E-state index contributed by atoms with van der Waals surface area (Å²) >= 11 is 0. The van der Waals surface area contributed by atoms with Crippen molar-refractivity contribution in [2.45, 2.75) is 32.3 Å². The van der Waals surface area contributed by atoms with Crippen molar-refractivity contribution in [3.05, 3.63) is 77.4 Å². The lowest BCUT2D eigenvalue weighted by Crippen LogP contribution is -2.24. The van der Waals surface area contributed by atoms with E-state index in [1.165, 1.54) is 13.2 Å². The number of fused-ring (bicyclic) bond motifs is 1. The lowest BCUT2D eigenvalue weighted by Gasteiger charge is -2.23. The Balaban J connectivity index is 1.58. The van der Waals surface area contributed by atoms with E-state index in [-0.39, 0.29) is 31.0 Å². The number of carbonyl (C=O) groups excluding carboxylic acids is 1. The van der Waals surface area contributed by atoms with E-state index in [1.807, 2.05) is 6.07 Å². The summed E-state index contributed by atoms with van der Waals surface area (Å²) in [5, 5.41) is 12.2. The van der Waals surface area contributed by atoms with Crippen LogP contribution < -0.4 is 9.47 Å².